The molecule has 26 heavy (non-hydrogen) atoms. The first-order chi connectivity index (χ1) is 12.5. The molecule has 0 aliphatic carbocycles. The van der Waals surface area contributed by atoms with Gasteiger partial charge in [0.15, 0.2) is 0 Å². The number of carboxylic acids is 1. The minimum atomic E-state index is -1.07. The SMILES string of the molecule is O=C(Cc1ccc2ccccc2c1)N[C@H](Cc1cccc(Cl)c1)C(=O)O. The molecule has 1 atom stereocenters. The van der Waals surface area contributed by atoms with Crippen molar-refractivity contribution in [1.29, 1.82) is 0 Å². The molecule has 0 aromatic heterocycles. The highest BCUT2D eigenvalue weighted by molar-refractivity contribution is 6.30. The number of carbonyl (C=O) groups excluding carboxylic acids is 1. The summed E-state index contributed by atoms with van der Waals surface area (Å²) in [5.74, 6) is -1.40. The van der Waals surface area contributed by atoms with Crippen molar-refractivity contribution in [3.05, 3.63) is 82.9 Å². The lowest BCUT2D eigenvalue weighted by molar-refractivity contribution is -0.141. The zero-order valence-corrected chi connectivity index (χ0v) is 14.7. The summed E-state index contributed by atoms with van der Waals surface area (Å²) in [6.07, 6.45) is 0.309. The standard InChI is InChI=1S/C21H18ClNO3/c22-18-7-3-4-14(11-18)12-19(21(25)26)23-20(24)13-15-8-9-16-5-1-2-6-17(16)10-15/h1-11,19H,12-13H2,(H,23,24)(H,25,26)/t19-/m1/s1. The minimum absolute atomic E-state index is 0.129. The summed E-state index contributed by atoms with van der Waals surface area (Å²) in [6, 6.07) is 19.6. The van der Waals surface area contributed by atoms with Gasteiger partial charge in [-0.2, -0.15) is 0 Å². The van der Waals surface area contributed by atoms with Gasteiger partial charge in [-0.3, -0.25) is 4.79 Å². The summed E-state index contributed by atoms with van der Waals surface area (Å²) in [5, 5.41) is 14.7. The molecule has 3 aromatic rings. The van der Waals surface area contributed by atoms with Crippen molar-refractivity contribution in [1.82, 2.24) is 5.32 Å². The van der Waals surface area contributed by atoms with Crippen LogP contribution in [0.15, 0.2) is 66.7 Å². The average Bonchev–Trinajstić information content (AvgIpc) is 2.61. The monoisotopic (exact) mass is 367 g/mol. The number of hydrogen-bond donors (Lipinski definition) is 2. The summed E-state index contributed by atoms with van der Waals surface area (Å²) in [5.41, 5.74) is 1.60. The van der Waals surface area contributed by atoms with Crippen LogP contribution in [0.2, 0.25) is 5.02 Å². The normalized spacial score (nSPS) is 11.9. The first-order valence-electron chi connectivity index (χ1n) is 8.25. The van der Waals surface area contributed by atoms with Crippen LogP contribution in [0, 0.1) is 0 Å². The topological polar surface area (TPSA) is 66.4 Å². The van der Waals surface area contributed by atoms with Crippen molar-refractivity contribution >= 4 is 34.2 Å². The molecule has 0 unspecified atom stereocenters. The van der Waals surface area contributed by atoms with Crippen LogP contribution in [-0.4, -0.2) is 23.0 Å². The number of fused-ring (bicyclic) bond motifs is 1. The molecule has 0 saturated heterocycles. The third kappa shape index (κ3) is 4.61. The van der Waals surface area contributed by atoms with Crippen LogP contribution < -0.4 is 5.32 Å². The number of carbonyl (C=O) groups is 2. The molecule has 1 amide bonds. The molecule has 0 radical (unpaired) electrons. The first-order valence-corrected chi connectivity index (χ1v) is 8.63. The lowest BCUT2D eigenvalue weighted by Gasteiger charge is -2.15. The highest BCUT2D eigenvalue weighted by Crippen LogP contribution is 2.16. The summed E-state index contributed by atoms with van der Waals surface area (Å²) in [4.78, 5) is 23.8. The highest BCUT2D eigenvalue weighted by atomic mass is 35.5. The molecule has 2 N–H and O–H groups in total. The fourth-order valence-electron chi connectivity index (χ4n) is 2.88. The van der Waals surface area contributed by atoms with Gasteiger partial charge in [-0.05, 0) is 34.0 Å². The third-order valence-electron chi connectivity index (χ3n) is 4.14. The van der Waals surface area contributed by atoms with E-state index in [2.05, 4.69) is 5.32 Å². The predicted octanol–water partition coefficient (Wildman–Crippen LogP) is 3.85. The van der Waals surface area contributed by atoms with E-state index in [1.54, 1.807) is 24.3 Å². The van der Waals surface area contributed by atoms with Crippen molar-refractivity contribution in [2.45, 2.75) is 18.9 Å². The van der Waals surface area contributed by atoms with Crippen LogP contribution in [0.25, 0.3) is 10.8 Å². The smallest absolute Gasteiger partial charge is 0.326 e. The number of halogens is 1. The van der Waals surface area contributed by atoms with E-state index in [0.717, 1.165) is 21.9 Å². The van der Waals surface area contributed by atoms with Gasteiger partial charge in [0.25, 0.3) is 0 Å². The fourth-order valence-corrected chi connectivity index (χ4v) is 3.09. The van der Waals surface area contributed by atoms with Crippen LogP contribution in [0.4, 0.5) is 0 Å². The van der Waals surface area contributed by atoms with Gasteiger partial charge in [-0.1, -0.05) is 66.2 Å². The maximum atomic E-state index is 12.3. The summed E-state index contributed by atoms with van der Waals surface area (Å²) >= 11 is 5.93. The van der Waals surface area contributed by atoms with E-state index >= 15 is 0 Å². The summed E-state index contributed by atoms with van der Waals surface area (Å²) in [6.45, 7) is 0. The van der Waals surface area contributed by atoms with Gasteiger partial charge in [-0.25, -0.2) is 4.79 Å². The second-order valence-corrected chi connectivity index (χ2v) is 6.59. The van der Waals surface area contributed by atoms with Crippen LogP contribution in [-0.2, 0) is 22.4 Å². The molecule has 0 aliphatic rings. The molecule has 0 fully saturated rings. The van der Waals surface area contributed by atoms with Gasteiger partial charge < -0.3 is 10.4 Å². The zero-order chi connectivity index (χ0) is 18.5. The average molecular weight is 368 g/mol. The van der Waals surface area contributed by atoms with Crippen LogP contribution in [0.1, 0.15) is 11.1 Å². The highest BCUT2D eigenvalue weighted by Gasteiger charge is 2.20. The number of amides is 1. The number of aliphatic carboxylic acids is 1. The molecule has 0 heterocycles. The third-order valence-corrected chi connectivity index (χ3v) is 4.38. The van der Waals surface area contributed by atoms with E-state index < -0.39 is 12.0 Å². The van der Waals surface area contributed by atoms with E-state index in [1.807, 2.05) is 42.5 Å². The van der Waals surface area contributed by atoms with Gasteiger partial charge in [0.1, 0.15) is 6.04 Å². The second kappa shape index (κ2) is 8.02. The number of benzene rings is 3. The molecular weight excluding hydrogens is 350 g/mol. The van der Waals surface area contributed by atoms with Gasteiger partial charge in [0.2, 0.25) is 5.91 Å². The van der Waals surface area contributed by atoms with Crippen molar-refractivity contribution < 1.29 is 14.7 Å². The predicted molar refractivity (Wildman–Crippen MR) is 102 cm³/mol. The van der Waals surface area contributed by atoms with Crippen molar-refractivity contribution in [3.63, 3.8) is 0 Å². The maximum Gasteiger partial charge on any atom is 0.326 e. The quantitative estimate of drug-likeness (QED) is 0.695. The number of nitrogens with one attached hydrogen (secondary N) is 1. The lowest BCUT2D eigenvalue weighted by Crippen LogP contribution is -2.43. The van der Waals surface area contributed by atoms with Gasteiger partial charge in [0, 0.05) is 11.4 Å². The Morgan fingerprint density at radius 1 is 0.923 bits per heavy atom. The Morgan fingerprint density at radius 2 is 1.69 bits per heavy atom. The summed E-state index contributed by atoms with van der Waals surface area (Å²) < 4.78 is 0. The Morgan fingerprint density at radius 3 is 2.42 bits per heavy atom. The van der Waals surface area contributed by atoms with Crippen molar-refractivity contribution in [3.8, 4) is 0 Å². The van der Waals surface area contributed by atoms with Crippen molar-refractivity contribution in [2.75, 3.05) is 0 Å². The van der Waals surface area contributed by atoms with Crippen LogP contribution in [0.5, 0.6) is 0 Å². The largest absolute Gasteiger partial charge is 0.480 e. The van der Waals surface area contributed by atoms with E-state index in [1.165, 1.54) is 0 Å². The van der Waals surface area contributed by atoms with E-state index in [9.17, 15) is 14.7 Å². The number of rotatable bonds is 6. The molecule has 132 valence electrons. The molecular formula is C21H18ClNO3. The molecule has 0 saturated carbocycles. The first kappa shape index (κ1) is 18.0. The Kier molecular flexibility index (Phi) is 5.54. The van der Waals surface area contributed by atoms with Gasteiger partial charge in [-0.15, -0.1) is 0 Å². The van der Waals surface area contributed by atoms with Crippen molar-refractivity contribution in [2.24, 2.45) is 0 Å². The Bertz CT molecular complexity index is 955. The molecule has 3 rings (SSSR count). The fraction of sp³-hybridized carbons (Fsp3) is 0.143. The Hall–Kier alpha value is -2.85. The Labute approximate surface area is 156 Å². The second-order valence-electron chi connectivity index (χ2n) is 6.15. The molecule has 0 spiro atoms. The number of hydrogen-bond acceptors (Lipinski definition) is 2. The van der Waals surface area contributed by atoms with Crippen LogP contribution >= 0.6 is 11.6 Å². The lowest BCUT2D eigenvalue weighted by atomic mass is 10.0. The maximum absolute atomic E-state index is 12.3. The van der Waals surface area contributed by atoms with Gasteiger partial charge >= 0.3 is 5.97 Å². The summed E-state index contributed by atoms with van der Waals surface area (Å²) in [7, 11) is 0. The van der Waals surface area contributed by atoms with Crippen LogP contribution in [0.3, 0.4) is 0 Å². The van der Waals surface area contributed by atoms with Gasteiger partial charge in [0.05, 0.1) is 6.42 Å². The van der Waals surface area contributed by atoms with E-state index in [4.69, 9.17) is 11.6 Å². The molecule has 0 aliphatic heterocycles. The zero-order valence-electron chi connectivity index (χ0n) is 14.0. The Balaban J connectivity index is 1.68. The molecule has 5 heteroatoms. The van der Waals surface area contributed by atoms with E-state index in [-0.39, 0.29) is 18.7 Å². The van der Waals surface area contributed by atoms with E-state index in [0.29, 0.717) is 5.02 Å². The minimum Gasteiger partial charge on any atom is -0.480 e. The molecule has 0 bridgehead atoms. The number of carboxylic acid groups (broad SMARTS) is 1. The molecule has 3 aromatic carbocycles. The molecule has 4 nitrogen and oxygen atoms in total.